The molecule has 0 spiro atoms. The van der Waals surface area contributed by atoms with Gasteiger partial charge in [0.15, 0.2) is 0 Å². The number of allylic oxidation sites excluding steroid dienone is 1. The summed E-state index contributed by atoms with van der Waals surface area (Å²) in [5, 5.41) is 0. The van der Waals surface area contributed by atoms with E-state index in [1.165, 1.54) is 56.6 Å². The number of carbonyl (C=O) groups excluding carboxylic acids is 1. The summed E-state index contributed by atoms with van der Waals surface area (Å²) in [6.45, 7) is 5.55. The number of aryl methyl sites for hydroxylation is 1. The third-order valence-corrected chi connectivity index (χ3v) is 7.47. The van der Waals surface area contributed by atoms with E-state index < -0.39 is 5.97 Å². The maximum Gasteiger partial charge on any atom is 0.343 e. The van der Waals surface area contributed by atoms with Crippen LogP contribution in [0.25, 0.3) is 0 Å². The monoisotopic (exact) mass is 420 g/mol. The summed E-state index contributed by atoms with van der Waals surface area (Å²) in [5.74, 6) is 2.63. The van der Waals surface area contributed by atoms with Crippen LogP contribution in [-0.4, -0.2) is 5.97 Å². The van der Waals surface area contributed by atoms with Gasteiger partial charge in [-0.25, -0.2) is 9.18 Å². The zero-order chi connectivity index (χ0) is 21.8. The van der Waals surface area contributed by atoms with Crippen LogP contribution in [-0.2, 0) is 0 Å². The highest BCUT2D eigenvalue weighted by Gasteiger charge is 2.35. The normalized spacial score (nSPS) is 25.5. The second-order valence-electron chi connectivity index (χ2n) is 9.50. The Morgan fingerprint density at radius 2 is 1.81 bits per heavy atom. The van der Waals surface area contributed by atoms with Gasteiger partial charge in [0.25, 0.3) is 0 Å². The quantitative estimate of drug-likeness (QED) is 0.273. The topological polar surface area (TPSA) is 26.3 Å². The minimum atomic E-state index is -0.448. The lowest BCUT2D eigenvalue weighted by molar-refractivity contribution is 0.0734. The van der Waals surface area contributed by atoms with Gasteiger partial charge in [0, 0.05) is 6.07 Å². The molecule has 0 aromatic heterocycles. The Labute approximate surface area is 185 Å². The van der Waals surface area contributed by atoms with Gasteiger partial charge in [0.2, 0.25) is 0 Å². The third kappa shape index (κ3) is 5.26. The summed E-state index contributed by atoms with van der Waals surface area (Å²) in [4.78, 5) is 12.4. The highest BCUT2D eigenvalue weighted by Crippen LogP contribution is 2.48. The number of hydrogen-bond acceptors (Lipinski definition) is 2. The molecule has 3 heteroatoms. The molecule has 0 bridgehead atoms. The number of ether oxygens (including phenoxy) is 1. The molecule has 4 unspecified atom stereocenters. The van der Waals surface area contributed by atoms with Gasteiger partial charge in [-0.05, 0) is 105 Å². The van der Waals surface area contributed by atoms with Crippen molar-refractivity contribution in [1.29, 1.82) is 0 Å². The molecule has 2 aliphatic rings. The lowest BCUT2D eigenvalue weighted by Crippen LogP contribution is -2.30. The van der Waals surface area contributed by atoms with Crippen molar-refractivity contribution in [2.24, 2.45) is 17.8 Å². The number of rotatable bonds is 6. The fraction of sp³-hybridized carbons (Fsp3) is 0.464. The van der Waals surface area contributed by atoms with Crippen molar-refractivity contribution in [1.82, 2.24) is 0 Å². The molecule has 0 radical (unpaired) electrons. The second kappa shape index (κ2) is 9.80. The van der Waals surface area contributed by atoms with Crippen LogP contribution >= 0.6 is 0 Å². The predicted octanol–water partition coefficient (Wildman–Crippen LogP) is 7.62. The standard InChI is InChI=1S/C28H33FO2/c1-3-4-5-20-7-8-25-17-24(14-13-23(25)16-20)21-9-11-22(12-10-21)28(30)31-26-15-6-19(2)27(29)18-26/h3,6,9-12,15,18,20,23-25H,1,4-5,7-8,13-14,16-17H2,2H3. The largest absolute Gasteiger partial charge is 0.423 e. The van der Waals surface area contributed by atoms with E-state index in [1.54, 1.807) is 19.1 Å². The van der Waals surface area contributed by atoms with Crippen molar-refractivity contribution in [3.8, 4) is 5.75 Å². The van der Waals surface area contributed by atoms with Gasteiger partial charge in [0.05, 0.1) is 5.56 Å². The molecule has 4 rings (SSSR count). The van der Waals surface area contributed by atoms with Crippen molar-refractivity contribution in [2.45, 2.75) is 64.2 Å². The SMILES string of the molecule is C=CCCC1CCC2CC(c3ccc(C(=O)Oc4ccc(C)c(F)c4)cc3)CCC2C1. The lowest BCUT2D eigenvalue weighted by atomic mass is 9.63. The number of halogens is 1. The highest BCUT2D eigenvalue weighted by atomic mass is 19.1. The molecular weight excluding hydrogens is 387 g/mol. The first-order valence-corrected chi connectivity index (χ1v) is 11.7. The molecule has 0 N–H and O–H groups in total. The van der Waals surface area contributed by atoms with Gasteiger partial charge in [0.1, 0.15) is 11.6 Å². The number of esters is 1. The van der Waals surface area contributed by atoms with Crippen LogP contribution in [0.5, 0.6) is 5.75 Å². The Hall–Kier alpha value is -2.42. The maximum absolute atomic E-state index is 13.7. The van der Waals surface area contributed by atoms with Gasteiger partial charge in [-0.15, -0.1) is 6.58 Å². The maximum atomic E-state index is 13.7. The molecule has 2 nitrogen and oxygen atoms in total. The fourth-order valence-corrected chi connectivity index (χ4v) is 5.60. The molecule has 2 aromatic rings. The van der Waals surface area contributed by atoms with E-state index in [9.17, 15) is 9.18 Å². The molecule has 0 aliphatic heterocycles. The van der Waals surface area contributed by atoms with Crippen LogP contribution in [0, 0.1) is 30.5 Å². The van der Waals surface area contributed by atoms with E-state index in [0.29, 0.717) is 17.0 Å². The zero-order valence-electron chi connectivity index (χ0n) is 18.5. The summed E-state index contributed by atoms with van der Waals surface area (Å²) in [6, 6.07) is 12.3. The number of hydrogen-bond donors (Lipinski definition) is 0. The van der Waals surface area contributed by atoms with E-state index in [-0.39, 0.29) is 11.6 Å². The first-order valence-electron chi connectivity index (χ1n) is 11.7. The molecule has 0 amide bonds. The molecule has 164 valence electrons. The van der Waals surface area contributed by atoms with Crippen LogP contribution in [0.2, 0.25) is 0 Å². The first kappa shape index (κ1) is 21.8. The van der Waals surface area contributed by atoms with E-state index in [0.717, 1.165) is 24.2 Å². The number of carbonyl (C=O) groups is 1. The van der Waals surface area contributed by atoms with Crippen LogP contribution in [0.4, 0.5) is 4.39 Å². The summed E-state index contributed by atoms with van der Waals surface area (Å²) < 4.78 is 19.0. The number of benzene rings is 2. The summed E-state index contributed by atoms with van der Waals surface area (Å²) in [6.07, 6.45) is 12.5. The molecule has 2 saturated carbocycles. The fourth-order valence-electron chi connectivity index (χ4n) is 5.60. The Balaban J connectivity index is 1.34. The predicted molar refractivity (Wildman–Crippen MR) is 123 cm³/mol. The van der Waals surface area contributed by atoms with Crippen molar-refractivity contribution < 1.29 is 13.9 Å². The second-order valence-corrected chi connectivity index (χ2v) is 9.50. The van der Waals surface area contributed by atoms with Crippen molar-refractivity contribution >= 4 is 5.97 Å². The Morgan fingerprint density at radius 1 is 1.06 bits per heavy atom. The van der Waals surface area contributed by atoms with E-state index >= 15 is 0 Å². The molecule has 4 atom stereocenters. The molecule has 2 fully saturated rings. The van der Waals surface area contributed by atoms with Crippen molar-refractivity contribution in [3.05, 3.63) is 77.6 Å². The van der Waals surface area contributed by atoms with E-state index in [4.69, 9.17) is 4.74 Å². The zero-order valence-corrected chi connectivity index (χ0v) is 18.5. The smallest absolute Gasteiger partial charge is 0.343 e. The minimum absolute atomic E-state index is 0.235. The average molecular weight is 421 g/mol. The van der Waals surface area contributed by atoms with Crippen LogP contribution in [0.15, 0.2) is 55.1 Å². The Morgan fingerprint density at radius 3 is 2.55 bits per heavy atom. The van der Waals surface area contributed by atoms with Gasteiger partial charge in [-0.2, -0.15) is 0 Å². The minimum Gasteiger partial charge on any atom is -0.423 e. The molecular formula is C28H33FO2. The third-order valence-electron chi connectivity index (χ3n) is 7.47. The average Bonchev–Trinajstić information content (AvgIpc) is 2.79. The van der Waals surface area contributed by atoms with E-state index in [1.807, 2.05) is 12.1 Å². The molecule has 31 heavy (non-hydrogen) atoms. The molecule has 2 aliphatic carbocycles. The molecule has 2 aromatic carbocycles. The Kier molecular flexibility index (Phi) is 6.89. The Bertz CT molecular complexity index is 917. The molecule has 0 heterocycles. The van der Waals surface area contributed by atoms with Gasteiger partial charge >= 0.3 is 5.97 Å². The van der Waals surface area contributed by atoms with Crippen LogP contribution in [0.1, 0.15) is 78.8 Å². The summed E-state index contributed by atoms with van der Waals surface area (Å²) >= 11 is 0. The first-order chi connectivity index (χ1) is 15.0. The van der Waals surface area contributed by atoms with Gasteiger partial charge in [-0.3, -0.25) is 0 Å². The van der Waals surface area contributed by atoms with Gasteiger partial charge < -0.3 is 4.74 Å². The van der Waals surface area contributed by atoms with Crippen molar-refractivity contribution in [2.75, 3.05) is 0 Å². The van der Waals surface area contributed by atoms with Crippen LogP contribution < -0.4 is 4.74 Å². The van der Waals surface area contributed by atoms with Crippen molar-refractivity contribution in [3.63, 3.8) is 0 Å². The summed E-state index contributed by atoms with van der Waals surface area (Å²) in [5.41, 5.74) is 2.36. The summed E-state index contributed by atoms with van der Waals surface area (Å²) in [7, 11) is 0. The molecule has 0 saturated heterocycles. The highest BCUT2D eigenvalue weighted by molar-refractivity contribution is 5.91. The lowest BCUT2D eigenvalue weighted by Gasteiger charge is -2.42. The number of fused-ring (bicyclic) bond motifs is 1. The van der Waals surface area contributed by atoms with Crippen LogP contribution in [0.3, 0.4) is 0 Å². The van der Waals surface area contributed by atoms with Gasteiger partial charge in [-0.1, -0.05) is 30.7 Å². The van der Waals surface area contributed by atoms with E-state index in [2.05, 4.69) is 24.8 Å².